The monoisotopic (exact) mass is 271 g/mol. The average molecular weight is 271 g/mol. The number of likely N-dealkylation sites (tertiary alicyclic amines) is 1. The molecule has 2 saturated heterocycles. The van der Waals surface area contributed by atoms with Crippen LogP contribution in [0.3, 0.4) is 0 Å². The van der Waals surface area contributed by atoms with Gasteiger partial charge in [-0.15, -0.1) is 0 Å². The lowest BCUT2D eigenvalue weighted by molar-refractivity contribution is 0.0829. The zero-order chi connectivity index (χ0) is 13.0. The van der Waals surface area contributed by atoms with Gasteiger partial charge < -0.3 is 5.73 Å². The van der Waals surface area contributed by atoms with E-state index in [1.165, 1.54) is 56.8 Å². The highest BCUT2D eigenvalue weighted by molar-refractivity contribution is 7.99. The van der Waals surface area contributed by atoms with Crippen molar-refractivity contribution < 1.29 is 0 Å². The third kappa shape index (κ3) is 3.03. The van der Waals surface area contributed by atoms with E-state index in [0.717, 1.165) is 12.6 Å². The fraction of sp³-hybridized carbons (Fsp3) is 1.00. The summed E-state index contributed by atoms with van der Waals surface area (Å²) in [5.41, 5.74) is 6.40. The summed E-state index contributed by atoms with van der Waals surface area (Å²) < 4.78 is 0. The molecule has 2 aliphatic rings. The first kappa shape index (κ1) is 14.6. The number of nitrogens with two attached hydrogens (primary N) is 1. The number of likely N-dealkylation sites (N-methyl/N-ethyl adjacent to an activating group) is 2. The fourth-order valence-electron chi connectivity index (χ4n) is 3.52. The van der Waals surface area contributed by atoms with Crippen LogP contribution in [0.4, 0.5) is 0 Å². The molecule has 0 spiro atoms. The predicted octanol–water partition coefficient (Wildman–Crippen LogP) is 1.63. The van der Waals surface area contributed by atoms with Gasteiger partial charge in [0.25, 0.3) is 0 Å². The Labute approximate surface area is 116 Å². The zero-order valence-corrected chi connectivity index (χ0v) is 12.8. The van der Waals surface area contributed by atoms with Crippen LogP contribution >= 0.6 is 11.8 Å². The molecule has 2 fully saturated rings. The van der Waals surface area contributed by atoms with Crippen LogP contribution in [-0.4, -0.2) is 66.1 Å². The van der Waals surface area contributed by atoms with Gasteiger partial charge in [0.05, 0.1) is 0 Å². The lowest BCUT2D eigenvalue weighted by Crippen LogP contribution is -2.57. The van der Waals surface area contributed by atoms with Gasteiger partial charge in [0.15, 0.2) is 0 Å². The van der Waals surface area contributed by atoms with Gasteiger partial charge in [-0.1, -0.05) is 6.92 Å². The summed E-state index contributed by atoms with van der Waals surface area (Å²) in [7, 11) is 2.30. The third-order valence-electron chi connectivity index (χ3n) is 5.00. The molecule has 0 amide bonds. The SMILES string of the molecule is CCN1CCCC1CN(C)C1(CN)CCSCC1. The Morgan fingerprint density at radius 1 is 1.39 bits per heavy atom. The van der Waals surface area contributed by atoms with E-state index in [1.54, 1.807) is 0 Å². The topological polar surface area (TPSA) is 32.5 Å². The highest BCUT2D eigenvalue weighted by Gasteiger charge is 2.37. The van der Waals surface area contributed by atoms with Crippen molar-refractivity contribution in [2.75, 3.05) is 44.7 Å². The van der Waals surface area contributed by atoms with Gasteiger partial charge in [-0.3, -0.25) is 9.80 Å². The van der Waals surface area contributed by atoms with E-state index in [0.29, 0.717) is 0 Å². The second-order valence-electron chi connectivity index (χ2n) is 5.85. The van der Waals surface area contributed by atoms with E-state index in [9.17, 15) is 0 Å². The van der Waals surface area contributed by atoms with Crippen LogP contribution in [0.25, 0.3) is 0 Å². The van der Waals surface area contributed by atoms with Gasteiger partial charge in [-0.25, -0.2) is 0 Å². The smallest absolute Gasteiger partial charge is 0.0345 e. The first-order valence-electron chi connectivity index (χ1n) is 7.45. The van der Waals surface area contributed by atoms with Gasteiger partial charge in [0.1, 0.15) is 0 Å². The van der Waals surface area contributed by atoms with E-state index in [4.69, 9.17) is 5.73 Å². The van der Waals surface area contributed by atoms with Crippen LogP contribution < -0.4 is 5.73 Å². The van der Waals surface area contributed by atoms with Crippen molar-refractivity contribution in [1.82, 2.24) is 9.80 Å². The highest BCUT2D eigenvalue weighted by atomic mass is 32.2. The molecule has 0 aromatic heterocycles. The molecule has 1 unspecified atom stereocenters. The molecule has 4 heteroatoms. The summed E-state index contributed by atoms with van der Waals surface area (Å²) in [5, 5.41) is 0. The van der Waals surface area contributed by atoms with Gasteiger partial charge in [0.2, 0.25) is 0 Å². The molecule has 2 rings (SSSR count). The summed E-state index contributed by atoms with van der Waals surface area (Å²) in [6, 6.07) is 0.762. The van der Waals surface area contributed by atoms with Crippen molar-refractivity contribution in [3.05, 3.63) is 0 Å². The van der Waals surface area contributed by atoms with E-state index in [2.05, 4.69) is 35.5 Å². The Hall–Kier alpha value is 0.230. The Kier molecular flexibility index (Phi) is 5.36. The van der Waals surface area contributed by atoms with Crippen molar-refractivity contribution >= 4 is 11.8 Å². The van der Waals surface area contributed by atoms with E-state index < -0.39 is 0 Å². The summed E-state index contributed by atoms with van der Waals surface area (Å²) >= 11 is 2.09. The first-order valence-corrected chi connectivity index (χ1v) is 8.60. The molecule has 106 valence electrons. The fourth-order valence-corrected chi connectivity index (χ4v) is 4.77. The lowest BCUT2D eigenvalue weighted by Gasteiger charge is -2.45. The minimum atomic E-state index is 0.285. The maximum Gasteiger partial charge on any atom is 0.0345 e. The number of nitrogens with zero attached hydrogens (tertiary/aromatic N) is 2. The largest absolute Gasteiger partial charge is 0.329 e. The molecular formula is C14H29N3S. The first-order chi connectivity index (χ1) is 8.72. The van der Waals surface area contributed by atoms with Crippen LogP contribution in [0.1, 0.15) is 32.6 Å². The van der Waals surface area contributed by atoms with Crippen LogP contribution in [0.5, 0.6) is 0 Å². The lowest BCUT2D eigenvalue weighted by atomic mass is 9.90. The molecule has 2 aliphatic heterocycles. The van der Waals surface area contributed by atoms with Gasteiger partial charge in [-0.05, 0) is 57.3 Å². The second-order valence-corrected chi connectivity index (χ2v) is 7.07. The quantitative estimate of drug-likeness (QED) is 0.824. The summed E-state index contributed by atoms with van der Waals surface area (Å²) in [6.07, 6.45) is 5.28. The number of thioether (sulfide) groups is 1. The highest BCUT2D eigenvalue weighted by Crippen LogP contribution is 2.32. The molecule has 0 saturated carbocycles. The molecule has 3 nitrogen and oxygen atoms in total. The number of rotatable bonds is 5. The molecule has 0 aromatic carbocycles. The summed E-state index contributed by atoms with van der Waals surface area (Å²) in [4.78, 5) is 5.23. The average Bonchev–Trinajstić information content (AvgIpc) is 2.86. The molecule has 2 heterocycles. The minimum Gasteiger partial charge on any atom is -0.329 e. The van der Waals surface area contributed by atoms with Crippen molar-refractivity contribution in [3.8, 4) is 0 Å². The van der Waals surface area contributed by atoms with Crippen molar-refractivity contribution in [2.45, 2.75) is 44.2 Å². The Bertz CT molecular complexity index is 253. The van der Waals surface area contributed by atoms with Crippen LogP contribution in [-0.2, 0) is 0 Å². The molecule has 18 heavy (non-hydrogen) atoms. The molecule has 0 radical (unpaired) electrons. The Balaban J connectivity index is 1.94. The van der Waals surface area contributed by atoms with Crippen molar-refractivity contribution in [1.29, 1.82) is 0 Å². The third-order valence-corrected chi connectivity index (χ3v) is 5.99. The maximum atomic E-state index is 6.12. The predicted molar refractivity (Wildman–Crippen MR) is 81.2 cm³/mol. The zero-order valence-electron chi connectivity index (χ0n) is 12.0. The number of hydrogen-bond acceptors (Lipinski definition) is 4. The second kappa shape index (κ2) is 6.60. The molecular weight excluding hydrogens is 242 g/mol. The van der Waals surface area contributed by atoms with Gasteiger partial charge >= 0.3 is 0 Å². The normalized spacial score (nSPS) is 29.0. The minimum absolute atomic E-state index is 0.285. The van der Waals surface area contributed by atoms with E-state index >= 15 is 0 Å². The molecule has 2 N–H and O–H groups in total. The molecule has 0 bridgehead atoms. The Morgan fingerprint density at radius 3 is 2.72 bits per heavy atom. The molecule has 0 aliphatic carbocycles. The van der Waals surface area contributed by atoms with Crippen molar-refractivity contribution in [2.24, 2.45) is 5.73 Å². The summed E-state index contributed by atoms with van der Waals surface area (Å²) in [5.74, 6) is 2.56. The Morgan fingerprint density at radius 2 is 2.11 bits per heavy atom. The summed E-state index contributed by atoms with van der Waals surface area (Å²) in [6.45, 7) is 6.80. The van der Waals surface area contributed by atoms with E-state index in [-0.39, 0.29) is 5.54 Å². The van der Waals surface area contributed by atoms with Crippen LogP contribution in [0.15, 0.2) is 0 Å². The molecule has 0 aromatic rings. The number of hydrogen-bond donors (Lipinski definition) is 1. The van der Waals surface area contributed by atoms with Crippen LogP contribution in [0.2, 0.25) is 0 Å². The maximum absolute atomic E-state index is 6.12. The standard InChI is InChI=1S/C14H29N3S/c1-3-17-8-4-5-13(17)11-16(2)14(12-15)6-9-18-10-7-14/h13H,3-12,15H2,1-2H3. The van der Waals surface area contributed by atoms with Gasteiger partial charge in [0, 0.05) is 24.7 Å². The van der Waals surface area contributed by atoms with Crippen LogP contribution in [0, 0.1) is 0 Å². The van der Waals surface area contributed by atoms with Crippen molar-refractivity contribution in [3.63, 3.8) is 0 Å². The van der Waals surface area contributed by atoms with E-state index in [1.807, 2.05) is 0 Å². The molecule has 1 atom stereocenters. The van der Waals surface area contributed by atoms with Gasteiger partial charge in [-0.2, -0.15) is 11.8 Å².